The fourth-order valence-corrected chi connectivity index (χ4v) is 8.56. The molecule has 3 atom stereocenters. The normalized spacial score (nSPS) is 13.1. The highest BCUT2D eigenvalue weighted by molar-refractivity contribution is 7.99. The number of hydrogen-bond donors (Lipinski definition) is 4. The smallest absolute Gasteiger partial charge is 0.329 e. The van der Waals surface area contributed by atoms with E-state index in [1.54, 1.807) is 14.0 Å². The number of rotatable bonds is 48. The summed E-state index contributed by atoms with van der Waals surface area (Å²) in [7, 11) is 1.76. The molecule has 420 valence electrons. The molecule has 0 heterocycles. The van der Waals surface area contributed by atoms with Gasteiger partial charge in [0.05, 0.1) is 32.5 Å². The van der Waals surface area contributed by atoms with Gasteiger partial charge in [0.1, 0.15) is 36.4 Å². The van der Waals surface area contributed by atoms with E-state index in [1.807, 2.05) is 46.4 Å². The number of carbonyl (C=O) groups excluding carboxylic acids is 7. The van der Waals surface area contributed by atoms with E-state index in [1.165, 1.54) is 0 Å². The Labute approximate surface area is 439 Å². The van der Waals surface area contributed by atoms with Crippen LogP contribution in [-0.4, -0.2) is 143 Å². The summed E-state index contributed by atoms with van der Waals surface area (Å²) in [6.45, 7) is 20.4. The maximum atomic E-state index is 12.8. The van der Waals surface area contributed by atoms with Crippen molar-refractivity contribution in [1.29, 1.82) is 0 Å². The van der Waals surface area contributed by atoms with Crippen LogP contribution in [0, 0.1) is 11.3 Å². The maximum absolute atomic E-state index is 12.8. The second-order valence-electron chi connectivity index (χ2n) is 21.4. The lowest BCUT2D eigenvalue weighted by Gasteiger charge is -2.31. The Hall–Kier alpha value is -2.96. The number of ether oxygens (including phenoxy) is 5. The third-order valence-corrected chi connectivity index (χ3v) is 13.1. The number of Topliss-reactive ketones (excluding diaryl/α,β-unsaturated/α-hetero) is 3. The van der Waals surface area contributed by atoms with Gasteiger partial charge in [-0.2, -0.15) is 11.8 Å². The van der Waals surface area contributed by atoms with E-state index in [9.17, 15) is 33.6 Å². The van der Waals surface area contributed by atoms with Gasteiger partial charge in [-0.15, -0.1) is 0 Å². The van der Waals surface area contributed by atoms with Crippen molar-refractivity contribution in [2.24, 2.45) is 11.3 Å². The molecule has 0 radical (unpaired) electrons. The van der Waals surface area contributed by atoms with Gasteiger partial charge in [0, 0.05) is 57.9 Å². The second-order valence-corrected chi connectivity index (χ2v) is 22.6. The predicted molar refractivity (Wildman–Crippen MR) is 288 cm³/mol. The van der Waals surface area contributed by atoms with Crippen LogP contribution in [0.2, 0.25) is 0 Å². The number of carbonyl (C=O) groups is 7. The molecule has 17 heteroatoms. The molecule has 0 aliphatic heterocycles. The van der Waals surface area contributed by atoms with Crippen molar-refractivity contribution in [2.45, 2.75) is 221 Å². The van der Waals surface area contributed by atoms with E-state index in [4.69, 9.17) is 23.7 Å². The van der Waals surface area contributed by atoms with Crippen molar-refractivity contribution >= 4 is 52.8 Å². The van der Waals surface area contributed by atoms with Crippen molar-refractivity contribution in [3.05, 3.63) is 0 Å². The van der Waals surface area contributed by atoms with Gasteiger partial charge in [-0.25, -0.2) is 4.79 Å². The summed E-state index contributed by atoms with van der Waals surface area (Å²) in [6.07, 6.45) is 16.3. The van der Waals surface area contributed by atoms with Crippen LogP contribution in [0.3, 0.4) is 0 Å². The van der Waals surface area contributed by atoms with Gasteiger partial charge in [0.2, 0.25) is 17.7 Å². The minimum Gasteiger partial charge on any atom is -0.458 e. The molecule has 0 fully saturated rings. The van der Waals surface area contributed by atoms with Crippen molar-refractivity contribution in [1.82, 2.24) is 21.3 Å². The van der Waals surface area contributed by atoms with Crippen LogP contribution in [0.25, 0.3) is 0 Å². The maximum Gasteiger partial charge on any atom is 0.329 e. The largest absolute Gasteiger partial charge is 0.458 e. The van der Waals surface area contributed by atoms with Gasteiger partial charge in [-0.1, -0.05) is 60.3 Å². The van der Waals surface area contributed by atoms with Crippen molar-refractivity contribution in [3.8, 4) is 0 Å². The number of thioether (sulfide) groups is 1. The minimum atomic E-state index is -0.628. The predicted octanol–water partition coefficient (Wildman–Crippen LogP) is 8.42. The van der Waals surface area contributed by atoms with Gasteiger partial charge in [0.15, 0.2) is 5.78 Å². The number of amides is 3. The van der Waals surface area contributed by atoms with Gasteiger partial charge in [0.25, 0.3) is 0 Å². The molecular formula is C55H102N4O12S. The Morgan fingerprint density at radius 2 is 1.03 bits per heavy atom. The lowest BCUT2D eigenvalue weighted by molar-refractivity contribution is -0.160. The molecule has 3 unspecified atom stereocenters. The fraction of sp³-hybridized carbons (Fsp3) is 0.873. The molecule has 0 rings (SSSR count). The van der Waals surface area contributed by atoms with Crippen molar-refractivity contribution in [2.75, 3.05) is 78.0 Å². The molecular weight excluding hydrogens is 941 g/mol. The van der Waals surface area contributed by atoms with Crippen LogP contribution < -0.4 is 21.3 Å². The van der Waals surface area contributed by atoms with Crippen LogP contribution in [0.5, 0.6) is 0 Å². The third kappa shape index (κ3) is 42.4. The molecule has 16 nitrogen and oxygen atoms in total. The summed E-state index contributed by atoms with van der Waals surface area (Å²) >= 11 is 1.96. The third-order valence-electron chi connectivity index (χ3n) is 11.9. The second kappa shape index (κ2) is 43.3. The average molecular weight is 1040 g/mol. The summed E-state index contributed by atoms with van der Waals surface area (Å²) < 4.78 is 27.5. The first kappa shape index (κ1) is 69.0. The molecule has 0 aromatic heterocycles. The average Bonchev–Trinajstić information content (AvgIpc) is 3.29. The van der Waals surface area contributed by atoms with E-state index >= 15 is 0 Å². The first-order valence-electron chi connectivity index (χ1n) is 27.3. The zero-order valence-corrected chi connectivity index (χ0v) is 47.6. The molecule has 3 amide bonds. The van der Waals surface area contributed by atoms with Crippen molar-refractivity contribution < 1.29 is 57.2 Å². The number of likely N-dealkylation sites (N-methyl/N-ethyl adjacent to an activating group) is 1. The molecule has 0 spiro atoms. The fourth-order valence-electron chi connectivity index (χ4n) is 7.54. The number of nitrogens with one attached hydrogen (secondary N) is 4. The standard InChI is InChI=1S/C55H102N4O12S/c1-43(2)52(53(66)71-55(7,8)9)59-50(64)29-15-12-11-13-23-39-72-40-24-14-16-28-49(63)58-48(54(4,5)6)31-30-45(61)25-18-21-33-67-35-37-69-38-36-68-34-22-19-26-46(62)41-70-42-51(65)57-32-20-17-27-47(56-10)44(3)60/h43,47-48,52,56H,11-42H2,1-10H3,(H,57,65)(H,58,63)(H,59,64). The Bertz CT molecular complexity index is 1490. The first-order chi connectivity index (χ1) is 34.2. The molecule has 0 saturated carbocycles. The summed E-state index contributed by atoms with van der Waals surface area (Å²) in [5.74, 6) is 1.76. The van der Waals surface area contributed by atoms with Gasteiger partial charge in [-0.3, -0.25) is 28.8 Å². The first-order valence-corrected chi connectivity index (χ1v) is 28.5. The molecule has 0 saturated heterocycles. The van der Waals surface area contributed by atoms with Gasteiger partial charge in [-0.05, 0) is 135 Å². The van der Waals surface area contributed by atoms with Gasteiger partial charge < -0.3 is 45.0 Å². The topological polar surface area (TPSA) is 214 Å². The highest BCUT2D eigenvalue weighted by Crippen LogP contribution is 2.24. The number of ketones is 3. The minimum absolute atomic E-state index is 0.0424. The van der Waals surface area contributed by atoms with Crippen molar-refractivity contribution in [3.63, 3.8) is 0 Å². The quantitative estimate of drug-likeness (QED) is 0.0333. The Kier molecular flexibility index (Phi) is 41.5. The molecule has 0 aliphatic rings. The molecule has 0 aromatic carbocycles. The highest BCUT2D eigenvalue weighted by atomic mass is 32.2. The lowest BCUT2D eigenvalue weighted by Crippen LogP contribution is -2.47. The van der Waals surface area contributed by atoms with E-state index in [0.29, 0.717) is 91.1 Å². The Morgan fingerprint density at radius 3 is 1.57 bits per heavy atom. The summed E-state index contributed by atoms with van der Waals surface area (Å²) in [6, 6.07) is -0.840. The van der Waals surface area contributed by atoms with Crippen LogP contribution in [0.1, 0.15) is 197 Å². The molecule has 4 N–H and O–H groups in total. The summed E-state index contributed by atoms with van der Waals surface area (Å²) in [5.41, 5.74) is -0.739. The van der Waals surface area contributed by atoms with Crippen LogP contribution in [0.15, 0.2) is 0 Å². The van der Waals surface area contributed by atoms with E-state index in [2.05, 4.69) is 42.0 Å². The zero-order chi connectivity index (χ0) is 54.0. The zero-order valence-electron chi connectivity index (χ0n) is 46.7. The number of hydrogen-bond acceptors (Lipinski definition) is 14. The molecule has 72 heavy (non-hydrogen) atoms. The Balaban J connectivity index is 3.80. The summed E-state index contributed by atoms with van der Waals surface area (Å²) in [5, 5.41) is 11.8. The highest BCUT2D eigenvalue weighted by Gasteiger charge is 2.29. The van der Waals surface area contributed by atoms with E-state index in [-0.39, 0.29) is 77.7 Å². The number of esters is 1. The molecule has 0 bridgehead atoms. The van der Waals surface area contributed by atoms with Crippen LogP contribution >= 0.6 is 11.8 Å². The Morgan fingerprint density at radius 1 is 0.514 bits per heavy atom. The SMILES string of the molecule is CNC(CCCCNC(=O)COCC(=O)CCCCOCCOCCOCCCCC(=O)CCC(NC(=O)CCCCCSCCCCCCCC(=O)NC(C(=O)OC(C)(C)C)C(C)C)C(C)(C)C)C(C)=O. The number of unbranched alkanes of at least 4 members (excludes halogenated alkanes) is 9. The van der Waals surface area contributed by atoms with Crippen LogP contribution in [0.4, 0.5) is 0 Å². The molecule has 0 aromatic rings. The molecule has 0 aliphatic carbocycles. The van der Waals surface area contributed by atoms with E-state index < -0.39 is 11.6 Å². The van der Waals surface area contributed by atoms with Crippen LogP contribution in [-0.2, 0) is 57.2 Å². The van der Waals surface area contributed by atoms with Gasteiger partial charge >= 0.3 is 5.97 Å². The lowest BCUT2D eigenvalue weighted by atomic mass is 9.83. The van der Waals surface area contributed by atoms with E-state index in [0.717, 1.165) is 101 Å². The monoisotopic (exact) mass is 1040 g/mol. The summed E-state index contributed by atoms with van der Waals surface area (Å²) in [4.78, 5) is 85.9.